The first-order valence-electron chi connectivity index (χ1n) is 32.4. The van der Waals surface area contributed by atoms with Gasteiger partial charge in [0.05, 0.1) is 0 Å². The van der Waals surface area contributed by atoms with E-state index in [2.05, 4.69) is 124 Å². The second-order valence-corrected chi connectivity index (χ2v) is 21.3. The Morgan fingerprint density at radius 3 is 0.844 bits per heavy atom. The highest BCUT2D eigenvalue weighted by atomic mass is 16.6. The number of carbonyl (C=O) groups is 3. The average Bonchev–Trinajstić information content (AvgIpc) is 3.43. The Hall–Kier alpha value is -3.93. The molecule has 0 aliphatic rings. The Balaban J connectivity index is 4.40. The van der Waals surface area contributed by atoms with E-state index >= 15 is 0 Å². The minimum atomic E-state index is -0.828. The number of hydrogen-bond acceptors (Lipinski definition) is 6. The number of allylic oxidation sites excluding steroid dienone is 18. The molecule has 0 rings (SSSR count). The van der Waals surface area contributed by atoms with Gasteiger partial charge in [-0.25, -0.2) is 0 Å². The molecule has 0 amide bonds. The molecule has 6 nitrogen and oxygen atoms in total. The molecular weight excluding hydrogens is 949 g/mol. The first-order chi connectivity index (χ1) is 38.0. The van der Waals surface area contributed by atoms with Gasteiger partial charge < -0.3 is 14.2 Å². The minimum Gasteiger partial charge on any atom is -0.462 e. The molecule has 77 heavy (non-hydrogen) atoms. The van der Waals surface area contributed by atoms with Gasteiger partial charge in [0.2, 0.25) is 0 Å². The van der Waals surface area contributed by atoms with Crippen molar-refractivity contribution in [2.75, 3.05) is 13.2 Å². The van der Waals surface area contributed by atoms with Crippen molar-refractivity contribution in [3.63, 3.8) is 0 Å². The fourth-order valence-corrected chi connectivity index (χ4v) is 9.01. The van der Waals surface area contributed by atoms with Crippen molar-refractivity contribution in [3.05, 3.63) is 109 Å². The van der Waals surface area contributed by atoms with Crippen LogP contribution < -0.4 is 0 Å². The summed E-state index contributed by atoms with van der Waals surface area (Å²) in [4.78, 5) is 38.3. The minimum absolute atomic E-state index is 0.113. The molecule has 0 aromatic rings. The maximum absolute atomic E-state index is 12.9. The molecule has 0 heterocycles. The first-order valence-corrected chi connectivity index (χ1v) is 32.4. The summed E-state index contributed by atoms with van der Waals surface area (Å²) < 4.78 is 16.8. The van der Waals surface area contributed by atoms with Gasteiger partial charge in [0.1, 0.15) is 13.2 Å². The summed E-state index contributed by atoms with van der Waals surface area (Å²) in [6.07, 6.45) is 88.4. The van der Waals surface area contributed by atoms with Crippen LogP contribution in [0.5, 0.6) is 0 Å². The van der Waals surface area contributed by atoms with Crippen molar-refractivity contribution < 1.29 is 28.6 Å². The van der Waals surface area contributed by atoms with Gasteiger partial charge in [-0.2, -0.15) is 0 Å². The van der Waals surface area contributed by atoms with Gasteiger partial charge in [-0.3, -0.25) is 14.4 Å². The summed E-state index contributed by atoms with van der Waals surface area (Å²) in [6, 6.07) is 0. The average molecular weight is 1070 g/mol. The van der Waals surface area contributed by atoms with Crippen LogP contribution in [0, 0.1) is 0 Å². The molecular formula is C71H120O6. The molecule has 0 fully saturated rings. The Bertz CT molecular complexity index is 1560. The third-order valence-electron chi connectivity index (χ3n) is 13.8. The van der Waals surface area contributed by atoms with Crippen LogP contribution in [0.15, 0.2) is 109 Å². The van der Waals surface area contributed by atoms with Crippen LogP contribution in [0.1, 0.15) is 303 Å². The van der Waals surface area contributed by atoms with E-state index in [1.165, 1.54) is 141 Å². The van der Waals surface area contributed by atoms with Gasteiger partial charge in [-0.1, -0.05) is 304 Å². The summed E-state index contributed by atoms with van der Waals surface area (Å²) in [7, 11) is 0. The van der Waals surface area contributed by atoms with E-state index in [0.29, 0.717) is 19.3 Å². The van der Waals surface area contributed by atoms with Crippen LogP contribution in [0.4, 0.5) is 0 Å². The molecule has 0 aliphatic carbocycles. The van der Waals surface area contributed by atoms with Crippen LogP contribution in [0.3, 0.4) is 0 Å². The Morgan fingerprint density at radius 2 is 0.532 bits per heavy atom. The maximum atomic E-state index is 12.9. The van der Waals surface area contributed by atoms with Gasteiger partial charge in [0, 0.05) is 19.3 Å². The van der Waals surface area contributed by atoms with Crippen molar-refractivity contribution in [3.8, 4) is 0 Å². The zero-order valence-corrected chi connectivity index (χ0v) is 50.4. The normalized spacial score (nSPS) is 12.8. The van der Waals surface area contributed by atoms with Crippen LogP contribution in [-0.4, -0.2) is 37.2 Å². The highest BCUT2D eigenvalue weighted by Gasteiger charge is 2.19. The van der Waals surface area contributed by atoms with Gasteiger partial charge in [0.25, 0.3) is 0 Å². The third kappa shape index (κ3) is 62.8. The van der Waals surface area contributed by atoms with Gasteiger partial charge in [-0.05, 0) is 89.9 Å². The molecule has 0 N–H and O–H groups in total. The number of carbonyl (C=O) groups excluding carboxylic acids is 3. The molecule has 1 atom stereocenters. The lowest BCUT2D eigenvalue weighted by Crippen LogP contribution is -2.30. The molecule has 0 aliphatic heterocycles. The van der Waals surface area contributed by atoms with Crippen molar-refractivity contribution in [2.24, 2.45) is 0 Å². The SMILES string of the molecule is CC/C=C\C/C=C\C/C=C\C/C=C\C/C=C\C/C=C\CCC(=O)OC(COC(=O)CCCCCCC/C=C\C/C=C\C/C=C\CC)COC(=O)CCCCCCCCCCCCCCCCCCCCCCCCCCC. The zero-order chi connectivity index (χ0) is 55.7. The van der Waals surface area contributed by atoms with E-state index in [0.717, 1.165) is 116 Å². The van der Waals surface area contributed by atoms with E-state index < -0.39 is 12.1 Å². The largest absolute Gasteiger partial charge is 0.462 e. The highest BCUT2D eigenvalue weighted by Crippen LogP contribution is 2.17. The van der Waals surface area contributed by atoms with Crippen molar-refractivity contribution >= 4 is 17.9 Å². The predicted molar refractivity (Wildman–Crippen MR) is 334 cm³/mol. The van der Waals surface area contributed by atoms with Gasteiger partial charge in [0.15, 0.2) is 6.10 Å². The molecule has 0 bridgehead atoms. The number of ether oxygens (including phenoxy) is 3. The van der Waals surface area contributed by atoms with E-state index in [1.807, 2.05) is 6.08 Å². The first kappa shape index (κ1) is 73.1. The second-order valence-electron chi connectivity index (χ2n) is 21.3. The van der Waals surface area contributed by atoms with E-state index in [4.69, 9.17) is 14.2 Å². The molecule has 440 valence electrons. The molecule has 6 heteroatoms. The van der Waals surface area contributed by atoms with Gasteiger partial charge >= 0.3 is 17.9 Å². The number of esters is 3. The van der Waals surface area contributed by atoms with E-state index in [1.54, 1.807) is 0 Å². The Kier molecular flexibility index (Phi) is 61.3. The van der Waals surface area contributed by atoms with Crippen LogP contribution >= 0.6 is 0 Å². The predicted octanol–water partition coefficient (Wildman–Crippen LogP) is 22.2. The van der Waals surface area contributed by atoms with Crippen LogP contribution in [0.2, 0.25) is 0 Å². The Morgan fingerprint density at radius 1 is 0.273 bits per heavy atom. The van der Waals surface area contributed by atoms with Gasteiger partial charge in [-0.15, -0.1) is 0 Å². The summed E-state index contributed by atoms with van der Waals surface area (Å²) in [5.74, 6) is -1.01. The lowest BCUT2D eigenvalue weighted by atomic mass is 10.0. The fourth-order valence-electron chi connectivity index (χ4n) is 9.01. The lowest BCUT2D eigenvalue weighted by molar-refractivity contribution is -0.166. The summed E-state index contributed by atoms with van der Waals surface area (Å²) in [5.41, 5.74) is 0. The quantitative estimate of drug-likeness (QED) is 0.0261. The summed E-state index contributed by atoms with van der Waals surface area (Å²) >= 11 is 0. The molecule has 0 saturated heterocycles. The maximum Gasteiger partial charge on any atom is 0.306 e. The highest BCUT2D eigenvalue weighted by molar-refractivity contribution is 5.71. The third-order valence-corrected chi connectivity index (χ3v) is 13.8. The zero-order valence-electron chi connectivity index (χ0n) is 50.4. The molecule has 0 radical (unpaired) electrons. The van der Waals surface area contributed by atoms with Crippen molar-refractivity contribution in [1.82, 2.24) is 0 Å². The fraction of sp³-hybridized carbons (Fsp3) is 0.704. The summed E-state index contributed by atoms with van der Waals surface area (Å²) in [6.45, 7) is 6.37. The number of rotatable bonds is 58. The Labute approximate surface area is 476 Å². The van der Waals surface area contributed by atoms with Crippen LogP contribution in [-0.2, 0) is 28.6 Å². The second kappa shape index (κ2) is 64.6. The molecule has 0 saturated carbocycles. The number of unbranched alkanes of at least 4 members (excludes halogenated alkanes) is 29. The monoisotopic (exact) mass is 1070 g/mol. The molecule has 0 aromatic heterocycles. The van der Waals surface area contributed by atoms with Crippen LogP contribution in [0.25, 0.3) is 0 Å². The lowest BCUT2D eigenvalue weighted by Gasteiger charge is -2.18. The summed E-state index contributed by atoms with van der Waals surface area (Å²) in [5, 5.41) is 0. The van der Waals surface area contributed by atoms with Crippen molar-refractivity contribution in [1.29, 1.82) is 0 Å². The number of hydrogen-bond donors (Lipinski definition) is 0. The standard InChI is InChI=1S/C71H120O6/c1-4-7-10-13-16-19-22-25-28-30-32-33-34-35-36-37-39-40-43-46-49-52-55-58-61-64-70(73)76-67-68(66-75-69(72)63-60-57-54-51-48-45-42-27-24-21-18-15-12-9-6-3)77-71(74)65-62-59-56-53-50-47-44-41-38-31-29-26-23-20-17-14-11-8-5-2/h8-9,11-12,17-18,20-21,26-27,29,38,41-42,47,50,56,59,68H,4-7,10,13-16,19,22-25,28,30-37,39-40,43-46,48-49,51-55,57-58,60-67H2,1-3H3/b11-8-,12-9-,20-17-,21-18-,29-26-,41-38-,42-27-,50-47-,59-56-. The molecule has 0 spiro atoms. The van der Waals surface area contributed by atoms with E-state index in [-0.39, 0.29) is 31.6 Å². The van der Waals surface area contributed by atoms with E-state index in [9.17, 15) is 14.4 Å². The smallest absolute Gasteiger partial charge is 0.306 e. The molecule has 0 aromatic carbocycles. The molecule has 1 unspecified atom stereocenters. The van der Waals surface area contributed by atoms with Crippen molar-refractivity contribution in [2.45, 2.75) is 309 Å². The topological polar surface area (TPSA) is 78.9 Å².